The zero-order valence-electron chi connectivity index (χ0n) is 26.2. The first-order valence-corrected chi connectivity index (χ1v) is 16.6. The van der Waals surface area contributed by atoms with Crippen LogP contribution in [0, 0.1) is 0 Å². The van der Waals surface area contributed by atoms with E-state index in [0.717, 1.165) is 47.5 Å². The van der Waals surface area contributed by atoms with Crippen molar-refractivity contribution in [2.75, 3.05) is 0 Å². The molecule has 0 heterocycles. The topological polar surface area (TPSA) is 47.9 Å². The van der Waals surface area contributed by atoms with Crippen molar-refractivity contribution in [1.82, 2.24) is 0 Å². The standard InChI is InChI=1S/C40H50O4/c41-40(44-33-37-25-17-11-18-26-37)27-19-8-6-4-2-1-3-5-7-12-20-34-28-29-38(42-31-35-21-13-9-14-22-35)39(30-34)43-32-36-23-15-10-16-24-36/h9-11,13-18,21-26,28-30,40-41H,1-8,12,19-20,27,31-33H2. The molecule has 4 aromatic rings. The van der Waals surface area contributed by atoms with Crippen molar-refractivity contribution in [3.63, 3.8) is 0 Å². The average molecular weight is 595 g/mol. The van der Waals surface area contributed by atoms with E-state index in [1.54, 1.807) is 0 Å². The molecule has 0 radical (unpaired) electrons. The lowest BCUT2D eigenvalue weighted by atomic mass is 10.0. The first-order chi connectivity index (χ1) is 21.8. The number of benzene rings is 4. The number of hydrogen-bond donors (Lipinski definition) is 1. The highest BCUT2D eigenvalue weighted by molar-refractivity contribution is 5.43. The molecule has 1 atom stereocenters. The van der Waals surface area contributed by atoms with Gasteiger partial charge in [-0.3, -0.25) is 0 Å². The van der Waals surface area contributed by atoms with Crippen molar-refractivity contribution in [3.05, 3.63) is 131 Å². The molecular formula is C40H50O4. The summed E-state index contributed by atoms with van der Waals surface area (Å²) in [5, 5.41) is 10.0. The number of unbranched alkanes of at least 4 members (excludes halogenated alkanes) is 9. The summed E-state index contributed by atoms with van der Waals surface area (Å²) in [7, 11) is 0. The van der Waals surface area contributed by atoms with E-state index in [2.05, 4.69) is 42.5 Å². The summed E-state index contributed by atoms with van der Waals surface area (Å²) in [4.78, 5) is 0. The third-order valence-corrected chi connectivity index (χ3v) is 7.93. The third kappa shape index (κ3) is 13.4. The molecule has 0 aliphatic heterocycles. The Morgan fingerprint density at radius 1 is 0.432 bits per heavy atom. The molecule has 0 aliphatic carbocycles. The van der Waals surface area contributed by atoms with Crippen LogP contribution in [0.2, 0.25) is 0 Å². The van der Waals surface area contributed by atoms with E-state index < -0.39 is 6.29 Å². The van der Waals surface area contributed by atoms with E-state index in [1.807, 2.05) is 66.7 Å². The van der Waals surface area contributed by atoms with Crippen LogP contribution in [0.4, 0.5) is 0 Å². The summed E-state index contributed by atoms with van der Waals surface area (Å²) in [6.07, 6.45) is 13.5. The van der Waals surface area contributed by atoms with Gasteiger partial charge >= 0.3 is 0 Å². The molecular weight excluding hydrogens is 544 g/mol. The van der Waals surface area contributed by atoms with Crippen LogP contribution in [0.25, 0.3) is 0 Å². The van der Waals surface area contributed by atoms with Gasteiger partial charge in [0.25, 0.3) is 0 Å². The van der Waals surface area contributed by atoms with Crippen LogP contribution < -0.4 is 9.47 Å². The Hall–Kier alpha value is -3.60. The molecule has 0 aromatic heterocycles. The van der Waals surface area contributed by atoms with E-state index in [0.29, 0.717) is 19.8 Å². The Morgan fingerprint density at radius 2 is 0.886 bits per heavy atom. The van der Waals surface area contributed by atoms with Crippen LogP contribution in [0.1, 0.15) is 92.9 Å². The third-order valence-electron chi connectivity index (χ3n) is 7.93. The van der Waals surface area contributed by atoms with Gasteiger partial charge in [0, 0.05) is 0 Å². The van der Waals surface area contributed by atoms with Crippen molar-refractivity contribution in [2.45, 2.75) is 103 Å². The Morgan fingerprint density at radius 3 is 1.43 bits per heavy atom. The summed E-state index contributed by atoms with van der Waals surface area (Å²) < 4.78 is 18.0. The highest BCUT2D eigenvalue weighted by Gasteiger charge is 2.09. The van der Waals surface area contributed by atoms with Crippen LogP contribution in [0.15, 0.2) is 109 Å². The number of rotatable bonds is 22. The van der Waals surface area contributed by atoms with Gasteiger partial charge in [-0.15, -0.1) is 0 Å². The molecule has 0 fully saturated rings. The molecule has 4 heteroatoms. The zero-order valence-corrected chi connectivity index (χ0v) is 26.2. The second-order valence-electron chi connectivity index (χ2n) is 11.7. The molecule has 4 nitrogen and oxygen atoms in total. The summed E-state index contributed by atoms with van der Waals surface area (Å²) in [5.41, 5.74) is 4.69. The smallest absolute Gasteiger partial charge is 0.161 e. The fraction of sp³-hybridized carbons (Fsp3) is 0.400. The van der Waals surface area contributed by atoms with Crippen molar-refractivity contribution >= 4 is 0 Å². The predicted molar refractivity (Wildman–Crippen MR) is 180 cm³/mol. The minimum absolute atomic E-state index is 0.475. The molecule has 0 aliphatic rings. The van der Waals surface area contributed by atoms with Gasteiger partial charge < -0.3 is 19.3 Å². The minimum atomic E-state index is -0.658. The van der Waals surface area contributed by atoms with Gasteiger partial charge in [0.15, 0.2) is 17.8 Å². The maximum Gasteiger partial charge on any atom is 0.161 e. The van der Waals surface area contributed by atoms with Gasteiger partial charge in [0.2, 0.25) is 0 Å². The van der Waals surface area contributed by atoms with Crippen molar-refractivity contribution in [2.24, 2.45) is 0 Å². The van der Waals surface area contributed by atoms with Crippen LogP contribution in [0.3, 0.4) is 0 Å². The van der Waals surface area contributed by atoms with Crippen molar-refractivity contribution < 1.29 is 19.3 Å². The molecule has 0 amide bonds. The number of ether oxygens (including phenoxy) is 3. The summed E-state index contributed by atoms with van der Waals surface area (Å²) in [6, 6.07) is 37.0. The SMILES string of the molecule is OC(CCCCCCCCCCCCc1ccc(OCc2ccccc2)c(OCc2ccccc2)c1)OCc1ccccc1. The lowest BCUT2D eigenvalue weighted by Crippen LogP contribution is -2.11. The first-order valence-electron chi connectivity index (χ1n) is 16.6. The molecule has 4 rings (SSSR count). The number of hydrogen-bond acceptors (Lipinski definition) is 4. The average Bonchev–Trinajstić information content (AvgIpc) is 3.07. The lowest BCUT2D eigenvalue weighted by molar-refractivity contribution is -0.112. The van der Waals surface area contributed by atoms with E-state index >= 15 is 0 Å². The second kappa shape index (κ2) is 20.4. The number of aliphatic hydroxyl groups excluding tert-OH is 1. The largest absolute Gasteiger partial charge is 0.485 e. The fourth-order valence-electron chi connectivity index (χ4n) is 5.32. The molecule has 1 unspecified atom stereocenters. The van der Waals surface area contributed by atoms with Gasteiger partial charge in [-0.05, 0) is 60.1 Å². The molecule has 0 saturated heterocycles. The van der Waals surface area contributed by atoms with Gasteiger partial charge in [-0.2, -0.15) is 0 Å². The monoisotopic (exact) mass is 594 g/mol. The maximum atomic E-state index is 10.0. The van der Waals surface area contributed by atoms with E-state index in [-0.39, 0.29) is 0 Å². The van der Waals surface area contributed by atoms with Gasteiger partial charge in [0.1, 0.15) is 13.2 Å². The van der Waals surface area contributed by atoms with E-state index in [9.17, 15) is 5.11 Å². The maximum absolute atomic E-state index is 10.0. The van der Waals surface area contributed by atoms with Gasteiger partial charge in [-0.1, -0.05) is 148 Å². The zero-order chi connectivity index (χ0) is 30.5. The van der Waals surface area contributed by atoms with Crippen LogP contribution in [-0.2, 0) is 31.0 Å². The number of aliphatic hydroxyl groups is 1. The van der Waals surface area contributed by atoms with Gasteiger partial charge in [-0.25, -0.2) is 0 Å². The highest BCUT2D eigenvalue weighted by Crippen LogP contribution is 2.31. The summed E-state index contributed by atoms with van der Waals surface area (Å²) in [5.74, 6) is 1.61. The van der Waals surface area contributed by atoms with E-state index in [4.69, 9.17) is 14.2 Å². The van der Waals surface area contributed by atoms with Crippen molar-refractivity contribution in [3.8, 4) is 11.5 Å². The molecule has 44 heavy (non-hydrogen) atoms. The Kier molecular flexibility index (Phi) is 15.4. The lowest BCUT2D eigenvalue weighted by Gasteiger charge is -2.15. The predicted octanol–water partition coefficient (Wildman–Crippen LogP) is 10.2. The summed E-state index contributed by atoms with van der Waals surface area (Å²) in [6.45, 7) is 1.52. The number of aryl methyl sites for hydroxylation is 1. The molecule has 0 saturated carbocycles. The highest BCUT2D eigenvalue weighted by atomic mass is 16.6. The van der Waals surface area contributed by atoms with Gasteiger partial charge in [0.05, 0.1) is 6.61 Å². The van der Waals surface area contributed by atoms with Crippen molar-refractivity contribution in [1.29, 1.82) is 0 Å². The molecule has 0 spiro atoms. The Labute approximate surface area is 265 Å². The molecule has 4 aromatic carbocycles. The normalized spacial score (nSPS) is 11.8. The Balaban J connectivity index is 1.06. The fourth-order valence-corrected chi connectivity index (χ4v) is 5.32. The van der Waals surface area contributed by atoms with Crippen LogP contribution in [-0.4, -0.2) is 11.4 Å². The first kappa shape index (κ1) is 33.3. The second-order valence-corrected chi connectivity index (χ2v) is 11.7. The molecule has 234 valence electrons. The molecule has 0 bridgehead atoms. The summed E-state index contributed by atoms with van der Waals surface area (Å²) >= 11 is 0. The Bertz CT molecular complexity index is 1280. The minimum Gasteiger partial charge on any atom is -0.485 e. The van der Waals surface area contributed by atoms with E-state index in [1.165, 1.54) is 63.4 Å². The van der Waals surface area contributed by atoms with Crippen LogP contribution in [0.5, 0.6) is 11.5 Å². The van der Waals surface area contributed by atoms with Crippen LogP contribution >= 0.6 is 0 Å². The molecule has 1 N–H and O–H groups in total. The quantitative estimate of drug-likeness (QED) is 0.0726.